The zero-order chi connectivity index (χ0) is 12.7. The number of hydrogen-bond acceptors (Lipinski definition) is 2. The number of nitrogens with zero attached hydrogens (tertiary/aromatic N) is 1. The molecule has 0 saturated carbocycles. The van der Waals surface area contributed by atoms with Crippen molar-refractivity contribution in [3.63, 3.8) is 0 Å². The molecule has 0 saturated heterocycles. The van der Waals surface area contributed by atoms with Gasteiger partial charge in [-0.25, -0.2) is 0 Å². The van der Waals surface area contributed by atoms with Gasteiger partial charge in [0.2, 0.25) is 11.8 Å². The molecule has 0 aliphatic heterocycles. The zero-order valence-corrected chi connectivity index (χ0v) is 11.2. The van der Waals surface area contributed by atoms with Gasteiger partial charge in [-0.2, -0.15) is 0 Å². The first-order valence-corrected chi connectivity index (χ1v) is 6.16. The van der Waals surface area contributed by atoms with Crippen LogP contribution in [0, 0.1) is 5.92 Å². The number of carbonyl (C=O) groups excluding carboxylic acids is 2. The van der Waals surface area contributed by atoms with E-state index >= 15 is 0 Å². The molecule has 2 unspecified atom stereocenters. The van der Waals surface area contributed by atoms with E-state index in [0.717, 1.165) is 0 Å². The maximum atomic E-state index is 11.8. The van der Waals surface area contributed by atoms with E-state index in [2.05, 4.69) is 5.32 Å². The molecule has 5 heteroatoms. The van der Waals surface area contributed by atoms with E-state index in [0.29, 0.717) is 13.1 Å². The van der Waals surface area contributed by atoms with Crippen molar-refractivity contribution in [2.75, 3.05) is 19.0 Å². The van der Waals surface area contributed by atoms with Crippen molar-refractivity contribution >= 4 is 23.4 Å². The summed E-state index contributed by atoms with van der Waals surface area (Å²) in [5, 5.41) is 2.66. The molecule has 2 atom stereocenters. The maximum absolute atomic E-state index is 11.8. The second kappa shape index (κ2) is 7.49. The van der Waals surface area contributed by atoms with Gasteiger partial charge in [0.15, 0.2) is 0 Å². The minimum Gasteiger partial charge on any atom is -0.344 e. The van der Waals surface area contributed by atoms with E-state index in [-0.39, 0.29) is 23.6 Å². The summed E-state index contributed by atoms with van der Waals surface area (Å²) in [6.07, 6.45) is 0. The summed E-state index contributed by atoms with van der Waals surface area (Å²) in [6, 6.07) is -0.488. The third-order valence-electron chi connectivity index (χ3n) is 2.48. The third-order valence-corrected chi connectivity index (χ3v) is 2.95. The van der Waals surface area contributed by atoms with Gasteiger partial charge in [0.25, 0.3) is 0 Å². The third kappa shape index (κ3) is 4.39. The first-order valence-electron chi connectivity index (χ1n) is 5.62. The van der Waals surface area contributed by atoms with Crippen molar-refractivity contribution in [1.29, 1.82) is 0 Å². The van der Waals surface area contributed by atoms with Crippen LogP contribution in [0.25, 0.3) is 0 Å². The highest BCUT2D eigenvalue weighted by Crippen LogP contribution is 2.00. The number of rotatable bonds is 6. The largest absolute Gasteiger partial charge is 0.344 e. The molecule has 0 aliphatic rings. The Hall–Kier alpha value is -0.770. The lowest BCUT2D eigenvalue weighted by Crippen LogP contribution is -2.48. The molecule has 0 fully saturated rings. The van der Waals surface area contributed by atoms with Crippen molar-refractivity contribution in [1.82, 2.24) is 10.2 Å². The number of halogens is 1. The number of amides is 2. The Kier molecular flexibility index (Phi) is 7.13. The Labute approximate surface area is 102 Å². The van der Waals surface area contributed by atoms with Crippen LogP contribution in [0.1, 0.15) is 27.7 Å². The maximum Gasteiger partial charge on any atom is 0.244 e. The van der Waals surface area contributed by atoms with Crippen LogP contribution < -0.4 is 5.32 Å². The van der Waals surface area contributed by atoms with Crippen LogP contribution in [0.4, 0.5) is 0 Å². The molecule has 16 heavy (non-hydrogen) atoms. The second-order valence-corrected chi connectivity index (χ2v) is 4.10. The van der Waals surface area contributed by atoms with Crippen LogP contribution in [0.15, 0.2) is 0 Å². The van der Waals surface area contributed by atoms with Crippen LogP contribution in [-0.2, 0) is 9.59 Å². The monoisotopic (exact) mass is 248 g/mol. The SMILES string of the molecule is CCN(CC)C(=O)C(C)NC(=O)C(C)CCl. The molecule has 0 bridgehead atoms. The van der Waals surface area contributed by atoms with E-state index in [1.54, 1.807) is 18.7 Å². The number of likely N-dealkylation sites (N-methyl/N-ethyl adjacent to an activating group) is 1. The predicted molar refractivity (Wildman–Crippen MR) is 65.4 cm³/mol. The Morgan fingerprint density at radius 3 is 2.12 bits per heavy atom. The molecular weight excluding hydrogens is 228 g/mol. The Morgan fingerprint density at radius 1 is 1.25 bits per heavy atom. The normalized spacial score (nSPS) is 14.1. The molecule has 4 nitrogen and oxygen atoms in total. The quantitative estimate of drug-likeness (QED) is 0.719. The molecule has 0 aromatic rings. The standard InChI is InChI=1S/C11H21ClN2O2/c1-5-14(6-2)11(16)9(4)13-10(15)8(3)7-12/h8-9H,5-7H2,1-4H3,(H,13,15). The summed E-state index contributed by atoms with van der Waals surface area (Å²) >= 11 is 5.57. The summed E-state index contributed by atoms with van der Waals surface area (Å²) in [4.78, 5) is 25.0. The number of carbonyl (C=O) groups is 2. The fourth-order valence-corrected chi connectivity index (χ4v) is 1.44. The van der Waals surface area contributed by atoms with Crippen LogP contribution in [0.2, 0.25) is 0 Å². The highest BCUT2D eigenvalue weighted by Gasteiger charge is 2.21. The molecule has 0 aromatic carbocycles. The number of nitrogens with one attached hydrogen (secondary N) is 1. The molecule has 0 spiro atoms. The molecule has 94 valence electrons. The smallest absolute Gasteiger partial charge is 0.244 e. The van der Waals surface area contributed by atoms with Gasteiger partial charge in [0.05, 0.1) is 0 Å². The summed E-state index contributed by atoms with van der Waals surface area (Å²) in [5.41, 5.74) is 0. The first-order chi connectivity index (χ1) is 7.47. The van der Waals surface area contributed by atoms with E-state index in [1.807, 2.05) is 13.8 Å². The molecule has 0 aromatic heterocycles. The Bertz CT molecular complexity index is 242. The lowest BCUT2D eigenvalue weighted by atomic mass is 10.2. The summed E-state index contributed by atoms with van der Waals surface area (Å²) in [5.74, 6) is -0.241. The lowest BCUT2D eigenvalue weighted by Gasteiger charge is -2.24. The summed E-state index contributed by atoms with van der Waals surface area (Å²) < 4.78 is 0. The average molecular weight is 249 g/mol. The highest BCUT2D eigenvalue weighted by atomic mass is 35.5. The van der Waals surface area contributed by atoms with Crippen molar-refractivity contribution < 1.29 is 9.59 Å². The van der Waals surface area contributed by atoms with Gasteiger partial charge in [0.1, 0.15) is 6.04 Å². The van der Waals surface area contributed by atoms with E-state index in [1.165, 1.54) is 0 Å². The molecule has 2 amide bonds. The van der Waals surface area contributed by atoms with Gasteiger partial charge in [0, 0.05) is 24.9 Å². The summed E-state index contributed by atoms with van der Waals surface area (Å²) in [6.45, 7) is 8.56. The van der Waals surface area contributed by atoms with Gasteiger partial charge in [-0.05, 0) is 20.8 Å². The van der Waals surface area contributed by atoms with Crippen molar-refractivity contribution in [3.05, 3.63) is 0 Å². The van der Waals surface area contributed by atoms with E-state index < -0.39 is 6.04 Å². The summed E-state index contributed by atoms with van der Waals surface area (Å²) in [7, 11) is 0. The van der Waals surface area contributed by atoms with E-state index in [4.69, 9.17) is 11.6 Å². The first kappa shape index (κ1) is 15.2. The van der Waals surface area contributed by atoms with Crippen LogP contribution in [-0.4, -0.2) is 41.7 Å². The van der Waals surface area contributed by atoms with Crippen LogP contribution in [0.3, 0.4) is 0 Å². The number of alkyl halides is 1. The fourth-order valence-electron chi connectivity index (χ4n) is 1.30. The minimum absolute atomic E-state index is 0.0554. The molecule has 0 rings (SSSR count). The second-order valence-electron chi connectivity index (χ2n) is 3.80. The predicted octanol–water partition coefficient (Wildman–Crippen LogP) is 1.23. The lowest BCUT2D eigenvalue weighted by molar-refractivity contribution is -0.136. The average Bonchev–Trinajstić information content (AvgIpc) is 2.29. The highest BCUT2D eigenvalue weighted by molar-refractivity contribution is 6.19. The van der Waals surface area contributed by atoms with Crippen LogP contribution in [0.5, 0.6) is 0 Å². The van der Waals surface area contributed by atoms with Gasteiger partial charge in [-0.1, -0.05) is 6.92 Å². The molecule has 0 radical (unpaired) electrons. The Morgan fingerprint density at radius 2 is 1.75 bits per heavy atom. The zero-order valence-electron chi connectivity index (χ0n) is 10.4. The minimum atomic E-state index is -0.488. The van der Waals surface area contributed by atoms with Crippen molar-refractivity contribution in [2.24, 2.45) is 5.92 Å². The van der Waals surface area contributed by atoms with Gasteiger partial charge >= 0.3 is 0 Å². The molecule has 0 heterocycles. The van der Waals surface area contributed by atoms with Gasteiger partial charge in [-0.15, -0.1) is 11.6 Å². The van der Waals surface area contributed by atoms with E-state index in [9.17, 15) is 9.59 Å². The fraction of sp³-hybridized carbons (Fsp3) is 0.818. The molecular formula is C11H21ClN2O2. The van der Waals surface area contributed by atoms with Gasteiger partial charge in [-0.3, -0.25) is 9.59 Å². The Balaban J connectivity index is 4.29. The van der Waals surface area contributed by atoms with Crippen molar-refractivity contribution in [2.45, 2.75) is 33.7 Å². The molecule has 1 N–H and O–H groups in total. The van der Waals surface area contributed by atoms with Gasteiger partial charge < -0.3 is 10.2 Å². The molecule has 0 aliphatic carbocycles. The number of hydrogen-bond donors (Lipinski definition) is 1. The van der Waals surface area contributed by atoms with Crippen LogP contribution >= 0.6 is 11.6 Å². The van der Waals surface area contributed by atoms with Crippen molar-refractivity contribution in [3.8, 4) is 0 Å². The topological polar surface area (TPSA) is 49.4 Å².